The summed E-state index contributed by atoms with van der Waals surface area (Å²) in [5.41, 5.74) is 0. The lowest BCUT2D eigenvalue weighted by Gasteiger charge is -2.27. The number of rotatable bonds is 7. The molecule has 0 spiro atoms. The van der Waals surface area contributed by atoms with Crippen molar-refractivity contribution in [2.45, 2.75) is 45.6 Å². The Morgan fingerprint density at radius 2 is 1.76 bits per heavy atom. The van der Waals surface area contributed by atoms with E-state index in [-0.39, 0.29) is 0 Å². The van der Waals surface area contributed by atoms with E-state index >= 15 is 0 Å². The molecule has 21 heavy (non-hydrogen) atoms. The largest absolute Gasteiger partial charge is 0.392 e. The van der Waals surface area contributed by atoms with Gasteiger partial charge in [0.1, 0.15) is 0 Å². The zero-order valence-electron chi connectivity index (χ0n) is 13.0. The van der Waals surface area contributed by atoms with Gasteiger partial charge < -0.3 is 20.6 Å². The van der Waals surface area contributed by atoms with Crippen LogP contribution in [0.2, 0.25) is 0 Å². The van der Waals surface area contributed by atoms with Crippen LogP contribution in [0.15, 0.2) is 0 Å². The second kappa shape index (κ2) is 7.97. The molecule has 7 nitrogen and oxygen atoms in total. The normalized spacial score (nSPS) is 16.6. The van der Waals surface area contributed by atoms with Crippen LogP contribution in [0.1, 0.15) is 39.5 Å². The summed E-state index contributed by atoms with van der Waals surface area (Å²) in [6, 6.07) is 0. The molecule has 1 aliphatic heterocycles. The molecule has 1 fully saturated rings. The number of aliphatic hydroxyl groups excluding tert-OH is 1. The number of nitrogens with one attached hydrogen (secondary N) is 2. The fourth-order valence-electron chi connectivity index (χ4n) is 2.23. The van der Waals surface area contributed by atoms with Crippen LogP contribution in [0.3, 0.4) is 0 Å². The molecule has 1 aliphatic rings. The average Bonchev–Trinajstić information content (AvgIpc) is 2.51. The van der Waals surface area contributed by atoms with E-state index in [9.17, 15) is 5.11 Å². The first-order valence-electron chi connectivity index (χ1n) is 7.86. The van der Waals surface area contributed by atoms with Crippen molar-refractivity contribution < 1.29 is 5.11 Å². The van der Waals surface area contributed by atoms with Crippen molar-refractivity contribution in [2.75, 3.05) is 41.7 Å². The lowest BCUT2D eigenvalue weighted by atomic mass is 10.1. The van der Waals surface area contributed by atoms with Gasteiger partial charge in [-0.2, -0.15) is 15.0 Å². The Bertz CT molecular complexity index is 433. The zero-order chi connectivity index (χ0) is 15.1. The van der Waals surface area contributed by atoms with Crippen molar-refractivity contribution in [3.05, 3.63) is 0 Å². The van der Waals surface area contributed by atoms with E-state index in [1.165, 1.54) is 19.3 Å². The van der Waals surface area contributed by atoms with E-state index in [4.69, 9.17) is 0 Å². The van der Waals surface area contributed by atoms with E-state index in [0.717, 1.165) is 32.0 Å². The van der Waals surface area contributed by atoms with E-state index in [0.29, 0.717) is 18.4 Å². The first kappa shape index (κ1) is 15.8. The Morgan fingerprint density at radius 1 is 1.10 bits per heavy atom. The molecule has 1 aromatic heterocycles. The van der Waals surface area contributed by atoms with E-state index in [2.05, 4.69) is 37.4 Å². The molecule has 0 amide bonds. The second-order valence-electron chi connectivity index (χ2n) is 5.49. The molecule has 0 aromatic carbocycles. The Labute approximate surface area is 126 Å². The quantitative estimate of drug-likeness (QED) is 0.702. The summed E-state index contributed by atoms with van der Waals surface area (Å²) in [5.74, 6) is 1.84. The predicted octanol–water partition coefficient (Wildman–Crippen LogP) is 1.48. The Morgan fingerprint density at radius 3 is 2.38 bits per heavy atom. The van der Waals surface area contributed by atoms with Crippen molar-refractivity contribution in [3.63, 3.8) is 0 Å². The molecular formula is C14H26N6O. The van der Waals surface area contributed by atoms with Gasteiger partial charge in [-0.05, 0) is 32.6 Å². The van der Waals surface area contributed by atoms with Gasteiger partial charge in [0.05, 0.1) is 6.10 Å². The minimum atomic E-state index is -0.438. The highest BCUT2D eigenvalue weighted by Gasteiger charge is 2.16. The summed E-state index contributed by atoms with van der Waals surface area (Å²) >= 11 is 0. The van der Waals surface area contributed by atoms with Gasteiger partial charge in [-0.15, -0.1) is 0 Å². The molecule has 0 bridgehead atoms. The van der Waals surface area contributed by atoms with E-state index < -0.39 is 6.10 Å². The van der Waals surface area contributed by atoms with Crippen molar-refractivity contribution in [2.24, 2.45) is 0 Å². The molecule has 2 heterocycles. The molecule has 1 unspecified atom stereocenters. The van der Waals surface area contributed by atoms with Crippen LogP contribution in [0.5, 0.6) is 0 Å². The maximum absolute atomic E-state index is 9.38. The number of piperidine rings is 1. The highest BCUT2D eigenvalue weighted by Crippen LogP contribution is 2.18. The molecule has 118 valence electrons. The molecular weight excluding hydrogens is 268 g/mol. The summed E-state index contributed by atoms with van der Waals surface area (Å²) in [5, 5.41) is 15.7. The SMILES string of the molecule is CCCNc1nc(NCC(C)O)nc(N2CCCCC2)n1. The smallest absolute Gasteiger partial charge is 0.231 e. The van der Waals surface area contributed by atoms with Crippen LogP contribution in [-0.4, -0.2) is 52.3 Å². The van der Waals surface area contributed by atoms with Crippen LogP contribution in [0, 0.1) is 0 Å². The van der Waals surface area contributed by atoms with Crippen LogP contribution in [0.25, 0.3) is 0 Å². The third kappa shape index (κ3) is 5.00. The van der Waals surface area contributed by atoms with Crippen molar-refractivity contribution in [3.8, 4) is 0 Å². The number of hydrogen-bond donors (Lipinski definition) is 3. The first-order valence-corrected chi connectivity index (χ1v) is 7.86. The molecule has 0 aliphatic carbocycles. The van der Waals surface area contributed by atoms with Gasteiger partial charge >= 0.3 is 0 Å². The standard InChI is InChI=1S/C14H26N6O/c1-3-7-15-12-17-13(16-10-11(2)21)19-14(18-12)20-8-5-4-6-9-20/h11,21H,3-10H2,1-2H3,(H2,15,16,17,18,19). The highest BCUT2D eigenvalue weighted by atomic mass is 16.3. The number of hydrogen-bond acceptors (Lipinski definition) is 7. The Kier molecular flexibility index (Phi) is 5.98. The first-order chi connectivity index (χ1) is 10.2. The third-order valence-electron chi connectivity index (χ3n) is 3.35. The molecule has 3 N–H and O–H groups in total. The minimum absolute atomic E-state index is 0.427. The van der Waals surface area contributed by atoms with Crippen LogP contribution in [-0.2, 0) is 0 Å². The second-order valence-corrected chi connectivity index (χ2v) is 5.49. The van der Waals surface area contributed by atoms with Crippen LogP contribution in [0.4, 0.5) is 17.8 Å². The highest BCUT2D eigenvalue weighted by molar-refractivity contribution is 5.44. The number of aromatic nitrogens is 3. The van der Waals surface area contributed by atoms with E-state index in [1.54, 1.807) is 6.92 Å². The number of anilines is 3. The summed E-state index contributed by atoms with van der Waals surface area (Å²) in [6.45, 7) is 7.08. The monoisotopic (exact) mass is 294 g/mol. The van der Waals surface area contributed by atoms with Gasteiger partial charge in [0.15, 0.2) is 0 Å². The summed E-state index contributed by atoms with van der Waals surface area (Å²) in [4.78, 5) is 15.6. The topological polar surface area (TPSA) is 86.2 Å². The fourth-order valence-corrected chi connectivity index (χ4v) is 2.23. The van der Waals surface area contributed by atoms with E-state index in [1.807, 2.05) is 0 Å². The molecule has 1 saturated heterocycles. The molecule has 7 heteroatoms. The average molecular weight is 294 g/mol. The van der Waals surface area contributed by atoms with Gasteiger partial charge in [-0.1, -0.05) is 6.92 Å². The van der Waals surface area contributed by atoms with Gasteiger partial charge in [0.25, 0.3) is 0 Å². The maximum Gasteiger partial charge on any atom is 0.231 e. The maximum atomic E-state index is 9.38. The van der Waals surface area contributed by atoms with Crippen LogP contribution < -0.4 is 15.5 Å². The summed E-state index contributed by atoms with van der Waals surface area (Å²) < 4.78 is 0. The van der Waals surface area contributed by atoms with Gasteiger partial charge in [-0.3, -0.25) is 0 Å². The van der Waals surface area contributed by atoms with Crippen molar-refractivity contribution >= 4 is 17.8 Å². The summed E-state index contributed by atoms with van der Waals surface area (Å²) in [6.07, 6.45) is 4.21. The van der Waals surface area contributed by atoms with Crippen molar-refractivity contribution in [1.82, 2.24) is 15.0 Å². The van der Waals surface area contributed by atoms with Crippen molar-refractivity contribution in [1.29, 1.82) is 0 Å². The fraction of sp³-hybridized carbons (Fsp3) is 0.786. The minimum Gasteiger partial charge on any atom is -0.392 e. The number of nitrogens with zero attached hydrogens (tertiary/aromatic N) is 4. The van der Waals surface area contributed by atoms with Gasteiger partial charge in [-0.25, -0.2) is 0 Å². The third-order valence-corrected chi connectivity index (χ3v) is 3.35. The molecule has 1 aromatic rings. The predicted molar refractivity (Wildman–Crippen MR) is 84.8 cm³/mol. The van der Waals surface area contributed by atoms with Crippen LogP contribution >= 0.6 is 0 Å². The lowest BCUT2D eigenvalue weighted by molar-refractivity contribution is 0.208. The molecule has 1 atom stereocenters. The Hall–Kier alpha value is -1.63. The number of aliphatic hydroxyl groups is 1. The van der Waals surface area contributed by atoms with Gasteiger partial charge in [0.2, 0.25) is 17.8 Å². The molecule has 2 rings (SSSR count). The summed E-state index contributed by atoms with van der Waals surface area (Å²) in [7, 11) is 0. The lowest BCUT2D eigenvalue weighted by Crippen LogP contribution is -2.31. The molecule has 0 saturated carbocycles. The Balaban J connectivity index is 2.14. The zero-order valence-corrected chi connectivity index (χ0v) is 13.0. The molecule has 0 radical (unpaired) electrons. The van der Waals surface area contributed by atoms with Gasteiger partial charge in [0, 0.05) is 26.2 Å².